The maximum atomic E-state index is 12.3. The molecule has 5 aromatic rings. The molecule has 0 unspecified atom stereocenters. The minimum Gasteiger partial charge on any atom is -0.484 e. The smallest absolute Gasteiger partial charge is 0.277 e. The molecule has 0 saturated heterocycles. The predicted octanol–water partition coefficient (Wildman–Crippen LogP) is 5.22. The number of hydrogen-bond acceptors (Lipinski definition) is 4. The average Bonchev–Trinajstić information content (AvgIpc) is 3.32. The summed E-state index contributed by atoms with van der Waals surface area (Å²) < 4.78 is 7.43. The molecule has 0 radical (unpaired) electrons. The van der Waals surface area contributed by atoms with E-state index < -0.39 is 0 Å². The van der Waals surface area contributed by atoms with Crippen LogP contribution in [0, 0.1) is 0 Å². The number of carbonyl (C=O) groups excluding carboxylic acids is 1. The number of aromatic nitrogens is 2. The van der Waals surface area contributed by atoms with Crippen LogP contribution in [0.4, 0.5) is 0 Å². The minimum atomic E-state index is -0.346. The summed E-state index contributed by atoms with van der Waals surface area (Å²) >= 11 is 0. The van der Waals surface area contributed by atoms with Crippen molar-refractivity contribution < 1.29 is 9.53 Å². The number of nitrogens with zero attached hydrogens (tertiary/aromatic N) is 3. The van der Waals surface area contributed by atoms with Crippen molar-refractivity contribution in [2.24, 2.45) is 5.10 Å². The number of ether oxygens (including phenoxy) is 1. The zero-order chi connectivity index (χ0) is 23.2. The number of para-hydroxylation sites is 1. The SMILES string of the molecule is O=C(COc1ccc2ccccc2c1)N/N=C/c1cn(-c2ccccc2)nc1-c1ccccc1. The quantitative estimate of drug-likeness (QED) is 0.275. The summed E-state index contributed by atoms with van der Waals surface area (Å²) in [6, 6.07) is 33.4. The lowest BCUT2D eigenvalue weighted by atomic mass is 10.1. The van der Waals surface area contributed by atoms with Crippen molar-refractivity contribution in [1.82, 2.24) is 15.2 Å². The highest BCUT2D eigenvalue weighted by atomic mass is 16.5. The maximum absolute atomic E-state index is 12.3. The lowest BCUT2D eigenvalue weighted by Gasteiger charge is -2.06. The highest BCUT2D eigenvalue weighted by Gasteiger charge is 2.11. The molecule has 0 spiro atoms. The molecular formula is C28H22N4O2. The van der Waals surface area contributed by atoms with Gasteiger partial charge in [-0.15, -0.1) is 0 Å². The molecule has 6 heteroatoms. The molecule has 166 valence electrons. The third kappa shape index (κ3) is 4.86. The van der Waals surface area contributed by atoms with E-state index in [0.717, 1.165) is 33.3 Å². The largest absolute Gasteiger partial charge is 0.484 e. The fraction of sp³-hybridized carbons (Fsp3) is 0.0357. The molecule has 5 rings (SSSR count). The zero-order valence-corrected chi connectivity index (χ0v) is 18.3. The number of fused-ring (bicyclic) bond motifs is 1. The van der Waals surface area contributed by atoms with Gasteiger partial charge in [0.2, 0.25) is 0 Å². The van der Waals surface area contributed by atoms with Crippen molar-refractivity contribution in [1.29, 1.82) is 0 Å². The number of carbonyl (C=O) groups is 1. The summed E-state index contributed by atoms with van der Waals surface area (Å²) in [5, 5.41) is 11.1. The van der Waals surface area contributed by atoms with Crippen LogP contribution in [-0.4, -0.2) is 28.5 Å². The van der Waals surface area contributed by atoms with Crippen LogP contribution in [0.5, 0.6) is 5.75 Å². The standard InChI is InChI=1S/C28H22N4O2/c33-27(20-34-26-16-15-21-9-7-8-12-23(21)17-26)30-29-18-24-19-32(25-13-5-2-6-14-25)31-28(24)22-10-3-1-4-11-22/h1-19H,20H2,(H,30,33)/b29-18+. The first kappa shape index (κ1) is 21.2. The van der Waals surface area contributed by atoms with Crippen molar-refractivity contribution >= 4 is 22.9 Å². The number of benzene rings is 4. The molecule has 0 aliphatic carbocycles. The third-order valence-electron chi connectivity index (χ3n) is 5.29. The molecule has 0 fully saturated rings. The molecule has 0 saturated carbocycles. The predicted molar refractivity (Wildman–Crippen MR) is 134 cm³/mol. The van der Waals surface area contributed by atoms with Crippen LogP contribution in [0.15, 0.2) is 114 Å². The van der Waals surface area contributed by atoms with Gasteiger partial charge in [0.05, 0.1) is 11.9 Å². The van der Waals surface area contributed by atoms with Gasteiger partial charge in [-0.3, -0.25) is 4.79 Å². The Kier molecular flexibility index (Phi) is 6.12. The molecule has 0 atom stereocenters. The first-order valence-corrected chi connectivity index (χ1v) is 10.9. The molecular weight excluding hydrogens is 424 g/mol. The van der Waals surface area contributed by atoms with Crippen LogP contribution in [0.25, 0.3) is 27.7 Å². The molecule has 0 aliphatic heterocycles. The maximum Gasteiger partial charge on any atom is 0.277 e. The van der Waals surface area contributed by atoms with E-state index in [4.69, 9.17) is 9.84 Å². The van der Waals surface area contributed by atoms with Crippen molar-refractivity contribution in [2.45, 2.75) is 0 Å². The minimum absolute atomic E-state index is 0.134. The first-order valence-electron chi connectivity index (χ1n) is 10.9. The number of nitrogens with one attached hydrogen (secondary N) is 1. The highest BCUT2D eigenvalue weighted by molar-refractivity contribution is 5.90. The zero-order valence-electron chi connectivity index (χ0n) is 18.3. The number of amides is 1. The summed E-state index contributed by atoms with van der Waals surface area (Å²) in [7, 11) is 0. The van der Waals surface area contributed by atoms with Crippen molar-refractivity contribution in [2.75, 3.05) is 6.61 Å². The normalized spacial score (nSPS) is 11.1. The Morgan fingerprint density at radius 3 is 2.38 bits per heavy atom. The van der Waals surface area contributed by atoms with E-state index in [9.17, 15) is 4.79 Å². The number of hydrogen-bond donors (Lipinski definition) is 1. The molecule has 0 aliphatic rings. The molecule has 4 aromatic carbocycles. The third-order valence-corrected chi connectivity index (χ3v) is 5.29. The number of rotatable bonds is 7. The van der Waals surface area contributed by atoms with Crippen LogP contribution in [0.3, 0.4) is 0 Å². The summed E-state index contributed by atoms with van der Waals surface area (Å²) in [6.07, 6.45) is 3.49. The Bertz CT molecular complexity index is 1440. The van der Waals surface area contributed by atoms with E-state index in [0.29, 0.717) is 5.75 Å². The van der Waals surface area contributed by atoms with Gasteiger partial charge in [0.1, 0.15) is 11.4 Å². The van der Waals surface area contributed by atoms with Gasteiger partial charge in [-0.05, 0) is 35.0 Å². The highest BCUT2D eigenvalue weighted by Crippen LogP contribution is 2.23. The second-order valence-electron chi connectivity index (χ2n) is 7.67. The van der Waals surface area contributed by atoms with Crippen LogP contribution in [-0.2, 0) is 4.79 Å². The lowest BCUT2D eigenvalue weighted by Crippen LogP contribution is -2.24. The van der Waals surface area contributed by atoms with Gasteiger partial charge in [-0.2, -0.15) is 10.2 Å². The monoisotopic (exact) mass is 446 g/mol. The molecule has 0 bridgehead atoms. The van der Waals surface area contributed by atoms with Gasteiger partial charge < -0.3 is 4.74 Å². The summed E-state index contributed by atoms with van der Waals surface area (Å²) in [4.78, 5) is 12.3. The summed E-state index contributed by atoms with van der Waals surface area (Å²) in [5.41, 5.74) is 5.99. The molecule has 6 nitrogen and oxygen atoms in total. The Labute approximate surface area is 197 Å². The van der Waals surface area contributed by atoms with E-state index in [1.165, 1.54) is 0 Å². The van der Waals surface area contributed by atoms with Gasteiger partial charge >= 0.3 is 0 Å². The van der Waals surface area contributed by atoms with E-state index >= 15 is 0 Å². The van der Waals surface area contributed by atoms with Crippen molar-refractivity contribution in [3.05, 3.63) is 115 Å². The molecule has 1 heterocycles. The van der Waals surface area contributed by atoms with Gasteiger partial charge in [0, 0.05) is 17.3 Å². The Morgan fingerprint density at radius 2 is 1.59 bits per heavy atom. The van der Waals surface area contributed by atoms with Crippen LogP contribution in [0.2, 0.25) is 0 Å². The second-order valence-corrected chi connectivity index (χ2v) is 7.67. The van der Waals surface area contributed by atoms with Crippen LogP contribution < -0.4 is 10.2 Å². The van der Waals surface area contributed by atoms with Crippen molar-refractivity contribution in [3.8, 4) is 22.7 Å². The van der Waals surface area contributed by atoms with Crippen LogP contribution in [0.1, 0.15) is 5.56 Å². The second kappa shape index (κ2) is 9.83. The molecule has 1 aromatic heterocycles. The Morgan fingerprint density at radius 1 is 0.882 bits per heavy atom. The summed E-state index contributed by atoms with van der Waals surface area (Å²) in [5.74, 6) is 0.287. The van der Waals surface area contributed by atoms with Gasteiger partial charge in [0.15, 0.2) is 6.61 Å². The molecule has 1 amide bonds. The number of hydrazone groups is 1. The van der Waals surface area contributed by atoms with E-state index in [2.05, 4.69) is 10.5 Å². The van der Waals surface area contributed by atoms with Gasteiger partial charge in [0.25, 0.3) is 5.91 Å². The lowest BCUT2D eigenvalue weighted by molar-refractivity contribution is -0.123. The molecule has 34 heavy (non-hydrogen) atoms. The van der Waals surface area contributed by atoms with Gasteiger partial charge in [-0.1, -0.05) is 78.9 Å². The topological polar surface area (TPSA) is 68.5 Å². The fourth-order valence-electron chi connectivity index (χ4n) is 3.63. The first-order chi connectivity index (χ1) is 16.8. The Balaban J connectivity index is 1.28. The fourth-order valence-corrected chi connectivity index (χ4v) is 3.63. The molecule has 1 N–H and O–H groups in total. The summed E-state index contributed by atoms with van der Waals surface area (Å²) in [6.45, 7) is -0.134. The van der Waals surface area contributed by atoms with Gasteiger partial charge in [-0.25, -0.2) is 10.1 Å². The van der Waals surface area contributed by atoms with E-state index in [1.54, 1.807) is 10.9 Å². The van der Waals surface area contributed by atoms with E-state index in [1.807, 2.05) is 109 Å². The van der Waals surface area contributed by atoms with E-state index in [-0.39, 0.29) is 12.5 Å². The van der Waals surface area contributed by atoms with Crippen LogP contribution >= 0.6 is 0 Å². The van der Waals surface area contributed by atoms with Crippen molar-refractivity contribution in [3.63, 3.8) is 0 Å². The average molecular weight is 447 g/mol. The Hall–Kier alpha value is -4.71.